The Labute approximate surface area is 130 Å². The standard InChI is InChI=1S/C15H12N4O4/c1-9-7-12(19-23-9)17-14(21)11-8-22-15(16-11)18-13(20)10-5-3-2-4-6-10/h2-8H,1H3,(H,16,18,20)(H,17,19,21). The summed E-state index contributed by atoms with van der Waals surface area (Å²) >= 11 is 0. The van der Waals surface area contributed by atoms with Gasteiger partial charge in [-0.05, 0) is 19.1 Å². The Morgan fingerprint density at radius 3 is 2.57 bits per heavy atom. The van der Waals surface area contributed by atoms with Gasteiger partial charge in [-0.1, -0.05) is 23.4 Å². The number of carbonyl (C=O) groups excluding carboxylic acids is 2. The predicted molar refractivity (Wildman–Crippen MR) is 80.1 cm³/mol. The molecule has 0 aliphatic carbocycles. The quantitative estimate of drug-likeness (QED) is 0.765. The lowest BCUT2D eigenvalue weighted by atomic mass is 10.2. The number of benzene rings is 1. The highest BCUT2D eigenvalue weighted by Crippen LogP contribution is 2.12. The Balaban J connectivity index is 1.66. The van der Waals surface area contributed by atoms with Gasteiger partial charge >= 0.3 is 6.01 Å². The fraction of sp³-hybridized carbons (Fsp3) is 0.0667. The van der Waals surface area contributed by atoms with Crippen LogP contribution >= 0.6 is 0 Å². The molecule has 8 nitrogen and oxygen atoms in total. The highest BCUT2D eigenvalue weighted by Gasteiger charge is 2.16. The van der Waals surface area contributed by atoms with Gasteiger partial charge in [0.1, 0.15) is 12.0 Å². The minimum Gasteiger partial charge on any atom is -0.431 e. The van der Waals surface area contributed by atoms with Crippen molar-refractivity contribution in [2.45, 2.75) is 6.92 Å². The molecule has 23 heavy (non-hydrogen) atoms. The zero-order valence-electron chi connectivity index (χ0n) is 12.1. The molecule has 0 saturated carbocycles. The Bertz CT molecular complexity index is 838. The van der Waals surface area contributed by atoms with Crippen LogP contribution in [-0.2, 0) is 0 Å². The third kappa shape index (κ3) is 3.43. The molecule has 1 aromatic carbocycles. The molecule has 0 aliphatic heterocycles. The van der Waals surface area contributed by atoms with Crippen LogP contribution in [0.25, 0.3) is 0 Å². The third-order valence-electron chi connectivity index (χ3n) is 2.86. The van der Waals surface area contributed by atoms with Crippen molar-refractivity contribution in [1.29, 1.82) is 0 Å². The van der Waals surface area contributed by atoms with E-state index < -0.39 is 5.91 Å². The minimum atomic E-state index is -0.526. The Hall–Kier alpha value is -3.42. The summed E-state index contributed by atoms with van der Waals surface area (Å²) in [6.45, 7) is 1.70. The molecule has 3 aromatic rings. The number of amides is 2. The summed E-state index contributed by atoms with van der Waals surface area (Å²) in [6, 6.07) is 10.1. The summed E-state index contributed by atoms with van der Waals surface area (Å²) in [6.07, 6.45) is 1.14. The second-order valence-electron chi connectivity index (χ2n) is 4.63. The maximum atomic E-state index is 12.0. The van der Waals surface area contributed by atoms with Crippen LogP contribution in [0.3, 0.4) is 0 Å². The first kappa shape index (κ1) is 14.5. The van der Waals surface area contributed by atoms with Crippen molar-refractivity contribution in [1.82, 2.24) is 10.1 Å². The van der Waals surface area contributed by atoms with Gasteiger partial charge in [0, 0.05) is 11.6 Å². The molecule has 2 aromatic heterocycles. The van der Waals surface area contributed by atoms with Gasteiger partial charge in [-0.25, -0.2) is 0 Å². The second kappa shape index (κ2) is 6.14. The van der Waals surface area contributed by atoms with Gasteiger partial charge in [0.2, 0.25) is 0 Å². The van der Waals surface area contributed by atoms with Crippen LogP contribution in [0, 0.1) is 6.92 Å². The van der Waals surface area contributed by atoms with Crippen molar-refractivity contribution in [3.05, 3.63) is 59.7 Å². The third-order valence-corrected chi connectivity index (χ3v) is 2.86. The number of nitrogens with one attached hydrogen (secondary N) is 2. The molecule has 0 saturated heterocycles. The molecular formula is C15H12N4O4. The number of aromatic nitrogens is 2. The lowest BCUT2D eigenvalue weighted by Crippen LogP contribution is -2.14. The van der Waals surface area contributed by atoms with Crippen molar-refractivity contribution in [2.24, 2.45) is 0 Å². The number of hydrogen-bond acceptors (Lipinski definition) is 6. The molecule has 2 N–H and O–H groups in total. The highest BCUT2D eigenvalue weighted by atomic mass is 16.5. The first-order valence-corrected chi connectivity index (χ1v) is 6.68. The van der Waals surface area contributed by atoms with E-state index in [-0.39, 0.29) is 23.4 Å². The van der Waals surface area contributed by atoms with Crippen molar-refractivity contribution < 1.29 is 18.5 Å². The molecule has 2 heterocycles. The Kier molecular flexibility index (Phi) is 3.88. The summed E-state index contributed by atoms with van der Waals surface area (Å²) < 4.78 is 9.92. The van der Waals surface area contributed by atoms with E-state index in [0.717, 1.165) is 6.26 Å². The second-order valence-corrected chi connectivity index (χ2v) is 4.63. The predicted octanol–water partition coefficient (Wildman–Crippen LogP) is 2.48. The van der Waals surface area contributed by atoms with E-state index in [1.165, 1.54) is 0 Å². The van der Waals surface area contributed by atoms with Crippen molar-refractivity contribution >= 4 is 23.6 Å². The number of aryl methyl sites for hydroxylation is 1. The molecule has 0 atom stereocenters. The van der Waals surface area contributed by atoms with Crippen LogP contribution < -0.4 is 10.6 Å². The topological polar surface area (TPSA) is 110 Å². The normalized spacial score (nSPS) is 10.3. The summed E-state index contributed by atoms with van der Waals surface area (Å²) in [4.78, 5) is 27.8. The molecule has 0 bridgehead atoms. The molecule has 116 valence electrons. The van der Waals surface area contributed by atoms with Crippen molar-refractivity contribution in [3.8, 4) is 0 Å². The van der Waals surface area contributed by atoms with Gasteiger partial charge in [-0.15, -0.1) is 0 Å². The molecular weight excluding hydrogens is 300 g/mol. The molecule has 0 fully saturated rings. The fourth-order valence-electron chi connectivity index (χ4n) is 1.80. The van der Waals surface area contributed by atoms with Gasteiger partial charge in [0.05, 0.1) is 0 Å². The maximum absolute atomic E-state index is 12.0. The maximum Gasteiger partial charge on any atom is 0.302 e. The number of anilines is 2. The summed E-state index contributed by atoms with van der Waals surface area (Å²) in [5.74, 6) is -0.0737. The van der Waals surface area contributed by atoms with E-state index in [9.17, 15) is 9.59 Å². The average Bonchev–Trinajstić information content (AvgIpc) is 3.17. The number of rotatable bonds is 4. The fourth-order valence-corrected chi connectivity index (χ4v) is 1.80. The zero-order valence-corrected chi connectivity index (χ0v) is 12.1. The summed E-state index contributed by atoms with van der Waals surface area (Å²) in [5, 5.41) is 8.61. The number of oxazole rings is 1. The number of hydrogen-bond donors (Lipinski definition) is 2. The van der Waals surface area contributed by atoms with Gasteiger partial charge in [0.15, 0.2) is 11.5 Å². The number of carbonyl (C=O) groups is 2. The van der Waals surface area contributed by atoms with Crippen LogP contribution in [0.5, 0.6) is 0 Å². The van der Waals surface area contributed by atoms with Crippen LogP contribution in [0.15, 0.2) is 51.6 Å². The summed E-state index contributed by atoms with van der Waals surface area (Å²) in [5.41, 5.74) is 0.462. The van der Waals surface area contributed by atoms with Crippen LogP contribution in [-0.4, -0.2) is 22.0 Å². The number of nitrogens with zero attached hydrogens (tertiary/aromatic N) is 2. The Morgan fingerprint density at radius 1 is 1.09 bits per heavy atom. The molecule has 0 spiro atoms. The molecule has 3 rings (SSSR count). The smallest absolute Gasteiger partial charge is 0.302 e. The minimum absolute atomic E-state index is 0.00835. The molecule has 2 amide bonds. The van der Waals surface area contributed by atoms with E-state index in [1.807, 2.05) is 0 Å². The van der Waals surface area contributed by atoms with E-state index in [0.29, 0.717) is 11.3 Å². The van der Waals surface area contributed by atoms with Gasteiger partial charge in [0.25, 0.3) is 11.8 Å². The average molecular weight is 312 g/mol. The summed E-state index contributed by atoms with van der Waals surface area (Å²) in [7, 11) is 0. The molecule has 0 radical (unpaired) electrons. The lowest BCUT2D eigenvalue weighted by Gasteiger charge is -1.99. The van der Waals surface area contributed by atoms with E-state index in [1.54, 1.807) is 43.3 Å². The van der Waals surface area contributed by atoms with Crippen LogP contribution in [0.1, 0.15) is 26.6 Å². The first-order chi connectivity index (χ1) is 11.1. The SMILES string of the molecule is Cc1cc(NC(=O)c2coc(NC(=O)c3ccccc3)n2)no1. The first-order valence-electron chi connectivity index (χ1n) is 6.68. The van der Waals surface area contributed by atoms with Crippen LogP contribution in [0.4, 0.5) is 11.8 Å². The molecule has 8 heteroatoms. The van der Waals surface area contributed by atoms with Gasteiger partial charge in [-0.3, -0.25) is 14.9 Å². The Morgan fingerprint density at radius 2 is 1.87 bits per heavy atom. The molecule has 0 aliphatic rings. The zero-order chi connectivity index (χ0) is 16.2. The van der Waals surface area contributed by atoms with E-state index in [4.69, 9.17) is 8.94 Å². The highest BCUT2D eigenvalue weighted by molar-refractivity contribution is 6.04. The van der Waals surface area contributed by atoms with E-state index >= 15 is 0 Å². The van der Waals surface area contributed by atoms with Gasteiger partial charge in [-0.2, -0.15) is 4.98 Å². The molecule has 0 unspecified atom stereocenters. The largest absolute Gasteiger partial charge is 0.431 e. The van der Waals surface area contributed by atoms with Crippen molar-refractivity contribution in [2.75, 3.05) is 10.6 Å². The van der Waals surface area contributed by atoms with E-state index in [2.05, 4.69) is 20.8 Å². The monoisotopic (exact) mass is 312 g/mol. The lowest BCUT2D eigenvalue weighted by molar-refractivity contribution is 0.101. The van der Waals surface area contributed by atoms with Crippen molar-refractivity contribution in [3.63, 3.8) is 0 Å². The van der Waals surface area contributed by atoms with Gasteiger partial charge < -0.3 is 14.3 Å². The van der Waals surface area contributed by atoms with Crippen LogP contribution in [0.2, 0.25) is 0 Å².